The number of fused-ring (bicyclic) bond motifs is 2. The summed E-state index contributed by atoms with van der Waals surface area (Å²) in [6.45, 7) is 16.0. The van der Waals surface area contributed by atoms with Gasteiger partial charge in [0.25, 0.3) is 19.7 Å². The van der Waals surface area contributed by atoms with E-state index in [4.69, 9.17) is 13.1 Å². The van der Waals surface area contributed by atoms with Crippen molar-refractivity contribution < 1.29 is 78.6 Å². The number of alkyl halides is 9. The average Bonchev–Trinajstić information content (AvgIpc) is 3.59. The molecule has 0 radical (unpaired) electrons. The standard InChI is InChI=1S/C34H11F13N4O5S2/c1-12-16(31(50-2)51-3)8-18-24(12)25(13-4-20(35)29(21(36)5-13)57(52,53)33(42,43)44)19-9-17(15(10-48)11-49)28(56-32(39,40)41)27(19)26(18)14-6-22(37)30(23(38)7-14)58(54,55)34(45,46)47/h4-7H,8-9H2,1H3. The number of nitriles is 2. The Morgan fingerprint density at radius 2 is 1.03 bits per heavy atom. The molecule has 0 saturated heterocycles. The third kappa shape index (κ3) is 6.67. The van der Waals surface area contributed by atoms with E-state index in [0.29, 0.717) is 0 Å². The topological polar surface area (TPSA) is 134 Å². The molecule has 0 N–H and O–H groups in total. The number of hydrogen-bond acceptors (Lipinski definition) is 7. The number of allylic oxidation sites excluding steroid dienone is 2. The number of rotatable bonds is 5. The van der Waals surface area contributed by atoms with Gasteiger partial charge < -0.3 is 4.74 Å². The lowest BCUT2D eigenvalue weighted by atomic mass is 9.86. The van der Waals surface area contributed by atoms with Crippen LogP contribution in [0.3, 0.4) is 0 Å². The SMILES string of the molecule is [C-]#[N+]C([N+]#[C-])=C1Cc2c(-c3cc(F)c(S(=O)(=O)C(F)(F)F)c(F)c3)c3c(c(-c4cc(F)c(S(=O)(=O)C(F)(F)F)c(F)c4)c2=C1C)CC(=C(C#N)C#N)C=3OC(F)(F)F. The van der Waals surface area contributed by atoms with Gasteiger partial charge in [0, 0.05) is 17.2 Å². The maximum atomic E-state index is 15.5. The molecule has 0 aromatic heterocycles. The van der Waals surface area contributed by atoms with Crippen LogP contribution < -0.4 is 10.4 Å². The van der Waals surface area contributed by atoms with Crippen LogP contribution in [0.1, 0.15) is 18.1 Å². The predicted octanol–water partition coefficient (Wildman–Crippen LogP) is 7.49. The number of halogens is 13. The highest BCUT2D eigenvalue weighted by atomic mass is 32.2. The summed E-state index contributed by atoms with van der Waals surface area (Å²) in [4.78, 5) is 0.945. The van der Waals surface area contributed by atoms with E-state index in [2.05, 4.69) is 14.4 Å². The Morgan fingerprint density at radius 3 is 1.38 bits per heavy atom. The minimum atomic E-state index is -6.80. The largest absolute Gasteiger partial charge is 0.573 e. The smallest absolute Gasteiger partial charge is 0.405 e. The summed E-state index contributed by atoms with van der Waals surface area (Å²) >= 11 is 0. The highest BCUT2D eigenvalue weighted by molar-refractivity contribution is 7.92. The van der Waals surface area contributed by atoms with Crippen molar-refractivity contribution in [3.63, 3.8) is 0 Å². The Morgan fingerprint density at radius 1 is 0.672 bits per heavy atom. The predicted molar refractivity (Wildman–Crippen MR) is 168 cm³/mol. The van der Waals surface area contributed by atoms with E-state index in [1.54, 1.807) is 0 Å². The van der Waals surface area contributed by atoms with Gasteiger partial charge in [0.15, 0.2) is 0 Å². The van der Waals surface area contributed by atoms with E-state index in [1.165, 1.54) is 12.1 Å². The van der Waals surface area contributed by atoms with Crippen LogP contribution in [0.25, 0.3) is 43.3 Å². The van der Waals surface area contributed by atoms with Crippen LogP contribution in [-0.4, -0.2) is 34.2 Å². The van der Waals surface area contributed by atoms with Gasteiger partial charge in [0.2, 0.25) is 0 Å². The molecule has 0 bridgehead atoms. The molecule has 0 saturated carbocycles. The molecule has 24 heteroatoms. The van der Waals surface area contributed by atoms with Crippen molar-refractivity contribution in [3.8, 4) is 34.4 Å². The van der Waals surface area contributed by atoms with Crippen LogP contribution in [0.5, 0.6) is 0 Å². The first-order chi connectivity index (χ1) is 26.6. The van der Waals surface area contributed by atoms with Crippen molar-refractivity contribution >= 4 is 31.0 Å². The molecule has 3 aromatic rings. The molecule has 0 amide bonds. The number of sulfone groups is 2. The lowest BCUT2D eigenvalue weighted by molar-refractivity contribution is -0.290. The molecule has 58 heavy (non-hydrogen) atoms. The summed E-state index contributed by atoms with van der Waals surface area (Å²) in [6, 6.07) is 2.37. The van der Waals surface area contributed by atoms with E-state index >= 15 is 17.6 Å². The number of benzene rings is 3. The molecule has 0 aliphatic heterocycles. The quantitative estimate of drug-likeness (QED) is 0.148. The van der Waals surface area contributed by atoms with Crippen LogP contribution in [-0.2, 0) is 37.3 Å². The Hall–Kier alpha value is -6.37. The lowest BCUT2D eigenvalue weighted by Crippen LogP contribution is -2.27. The van der Waals surface area contributed by atoms with Crippen LogP contribution in [0.15, 0.2) is 56.6 Å². The summed E-state index contributed by atoms with van der Waals surface area (Å²) in [5.74, 6) is -12.1. The molecule has 0 spiro atoms. The van der Waals surface area contributed by atoms with Gasteiger partial charge in [-0.3, -0.25) is 0 Å². The molecule has 2 aliphatic rings. The van der Waals surface area contributed by atoms with Gasteiger partial charge in [0.1, 0.15) is 69.7 Å². The second kappa shape index (κ2) is 13.9. The fraction of sp³-hybridized carbons (Fsp3) is 0.176. The normalized spacial score (nSPS) is 14.3. The third-order valence-corrected chi connectivity index (χ3v) is 11.8. The molecule has 0 fully saturated rings. The Kier molecular flexibility index (Phi) is 10.3. The van der Waals surface area contributed by atoms with Crippen LogP contribution >= 0.6 is 0 Å². The number of nitrogens with zero attached hydrogens (tertiary/aromatic N) is 4. The third-order valence-electron chi connectivity index (χ3n) is 8.69. The van der Waals surface area contributed by atoms with Gasteiger partial charge in [0.05, 0.1) is 5.57 Å². The highest BCUT2D eigenvalue weighted by Crippen LogP contribution is 2.44. The summed E-state index contributed by atoms with van der Waals surface area (Å²) in [7, 11) is -13.6. The minimum absolute atomic E-state index is 0.00544. The van der Waals surface area contributed by atoms with Gasteiger partial charge in [-0.1, -0.05) is 0 Å². The molecule has 0 atom stereocenters. The van der Waals surface area contributed by atoms with Crippen molar-refractivity contribution in [2.75, 3.05) is 0 Å². The first-order valence-corrected chi connectivity index (χ1v) is 17.9. The molecule has 0 heterocycles. The monoisotopic (exact) mass is 866 g/mol. The van der Waals surface area contributed by atoms with Crippen molar-refractivity contribution in [2.24, 2.45) is 0 Å². The Bertz CT molecular complexity index is 2930. The van der Waals surface area contributed by atoms with Crippen molar-refractivity contribution in [1.29, 1.82) is 10.5 Å². The van der Waals surface area contributed by atoms with Crippen molar-refractivity contribution in [1.82, 2.24) is 0 Å². The van der Waals surface area contributed by atoms with Gasteiger partial charge in [-0.2, -0.15) is 46.6 Å². The summed E-state index contributed by atoms with van der Waals surface area (Å²) < 4.78 is 237. The summed E-state index contributed by atoms with van der Waals surface area (Å²) in [6.07, 6.45) is -7.79. The zero-order valence-corrected chi connectivity index (χ0v) is 29.4. The van der Waals surface area contributed by atoms with Crippen LogP contribution in [0.2, 0.25) is 0 Å². The zero-order chi connectivity index (χ0) is 43.8. The second-order valence-electron chi connectivity index (χ2n) is 11.9. The van der Waals surface area contributed by atoms with Gasteiger partial charge in [-0.25, -0.2) is 34.4 Å². The maximum Gasteiger partial charge on any atom is 0.573 e. The molecule has 300 valence electrons. The number of ether oxygens (including phenoxy) is 1. The Labute approximate surface area is 315 Å². The molecular formula is C34H11F13N4O5S2. The first-order valence-electron chi connectivity index (χ1n) is 14.9. The Balaban J connectivity index is 2.16. The molecule has 9 nitrogen and oxygen atoms in total. The van der Waals surface area contributed by atoms with Gasteiger partial charge in [-0.15, -0.1) is 13.2 Å². The molecular weight excluding hydrogens is 856 g/mol. The van der Waals surface area contributed by atoms with Crippen LogP contribution in [0, 0.1) is 59.1 Å². The molecule has 0 unspecified atom stereocenters. The van der Waals surface area contributed by atoms with E-state index in [9.17, 15) is 66.9 Å². The van der Waals surface area contributed by atoms with Crippen LogP contribution in [0.4, 0.5) is 57.1 Å². The van der Waals surface area contributed by atoms with E-state index < -0.39 is 149 Å². The highest BCUT2D eigenvalue weighted by Gasteiger charge is 2.51. The molecule has 2 aliphatic carbocycles. The second-order valence-corrected chi connectivity index (χ2v) is 15.6. The van der Waals surface area contributed by atoms with Crippen molar-refractivity contribution in [3.05, 3.63) is 114 Å². The summed E-state index contributed by atoms with van der Waals surface area (Å²) in [5, 5.41) is 17.7. The van der Waals surface area contributed by atoms with Crippen molar-refractivity contribution in [2.45, 2.75) is 46.9 Å². The molecule has 5 rings (SSSR count). The number of hydrogen-bond donors (Lipinski definition) is 0. The fourth-order valence-corrected chi connectivity index (χ4v) is 8.25. The minimum Gasteiger partial charge on any atom is -0.405 e. The maximum absolute atomic E-state index is 15.5. The van der Waals surface area contributed by atoms with Gasteiger partial charge >= 0.3 is 23.2 Å². The zero-order valence-electron chi connectivity index (χ0n) is 27.8. The van der Waals surface area contributed by atoms with E-state index in [-0.39, 0.29) is 35.4 Å². The lowest BCUT2D eigenvalue weighted by Gasteiger charge is -2.19. The molecule has 3 aromatic carbocycles. The average molecular weight is 867 g/mol. The van der Waals surface area contributed by atoms with E-state index in [0.717, 1.165) is 6.92 Å². The van der Waals surface area contributed by atoms with E-state index in [1.807, 2.05) is 0 Å². The van der Waals surface area contributed by atoms with Gasteiger partial charge in [-0.05, 0) is 81.8 Å². The first kappa shape index (κ1) is 42.8. The summed E-state index contributed by atoms with van der Waals surface area (Å²) in [5.41, 5.74) is -20.4. The fourth-order valence-electron chi connectivity index (χ4n) is 6.53.